The van der Waals surface area contributed by atoms with Crippen LogP contribution in [-0.4, -0.2) is 11.1 Å². The summed E-state index contributed by atoms with van der Waals surface area (Å²) in [7, 11) is 0. The van der Waals surface area contributed by atoms with Crippen molar-refractivity contribution in [2.45, 2.75) is 13.5 Å². The molecule has 0 saturated carbocycles. The van der Waals surface area contributed by atoms with E-state index in [0.29, 0.717) is 22.6 Å². The van der Waals surface area contributed by atoms with Crippen LogP contribution in [-0.2, 0) is 6.54 Å². The molecule has 0 aliphatic rings. The number of carboxylic acid groups (broad SMARTS) is 1. The van der Waals surface area contributed by atoms with Crippen LogP contribution in [0.15, 0.2) is 28.7 Å². The third kappa shape index (κ3) is 3.02. The number of rotatable bonds is 4. The number of carbonyl (C=O) groups is 1. The molecule has 0 unspecified atom stereocenters. The fourth-order valence-corrected chi connectivity index (χ4v) is 1.88. The van der Waals surface area contributed by atoms with Crippen LogP contribution in [0.4, 0.5) is 5.69 Å². The molecule has 1 aromatic carbocycles. The summed E-state index contributed by atoms with van der Waals surface area (Å²) in [4.78, 5) is 10.9. The van der Waals surface area contributed by atoms with Crippen molar-refractivity contribution in [1.82, 2.24) is 0 Å². The van der Waals surface area contributed by atoms with Gasteiger partial charge in [-0.25, -0.2) is 4.79 Å². The summed E-state index contributed by atoms with van der Waals surface area (Å²) < 4.78 is 5.22. The molecule has 1 aromatic heterocycles. The van der Waals surface area contributed by atoms with Crippen LogP contribution < -0.4 is 5.32 Å². The molecule has 0 fully saturated rings. The summed E-state index contributed by atoms with van der Waals surface area (Å²) in [6.45, 7) is 1.94. The molecule has 1 heterocycles. The van der Waals surface area contributed by atoms with Gasteiger partial charge in [-0.1, -0.05) is 0 Å². The van der Waals surface area contributed by atoms with Crippen molar-refractivity contribution in [1.29, 1.82) is 10.5 Å². The van der Waals surface area contributed by atoms with Crippen LogP contribution in [0.3, 0.4) is 0 Å². The van der Waals surface area contributed by atoms with Crippen LogP contribution in [0.5, 0.6) is 0 Å². The minimum atomic E-state index is -1.11. The summed E-state index contributed by atoms with van der Waals surface area (Å²) in [5, 5.41) is 29.7. The SMILES string of the molecule is Cc1cc(CNc2ccc(C#N)c(C#N)c2)oc1C(=O)O. The van der Waals surface area contributed by atoms with E-state index < -0.39 is 5.97 Å². The Morgan fingerprint density at radius 2 is 2.00 bits per heavy atom. The summed E-state index contributed by atoms with van der Waals surface area (Å²) >= 11 is 0. The molecule has 0 saturated heterocycles. The Morgan fingerprint density at radius 3 is 2.57 bits per heavy atom. The van der Waals surface area contributed by atoms with Crippen LogP contribution >= 0.6 is 0 Å². The van der Waals surface area contributed by atoms with Crippen molar-refractivity contribution < 1.29 is 14.3 Å². The zero-order valence-corrected chi connectivity index (χ0v) is 11.2. The van der Waals surface area contributed by atoms with E-state index in [2.05, 4.69) is 5.32 Å². The fraction of sp³-hybridized carbons (Fsp3) is 0.133. The maximum Gasteiger partial charge on any atom is 0.372 e. The van der Waals surface area contributed by atoms with Crippen LogP contribution in [0.2, 0.25) is 0 Å². The van der Waals surface area contributed by atoms with Crippen molar-refractivity contribution >= 4 is 11.7 Å². The number of furan rings is 1. The zero-order chi connectivity index (χ0) is 15.4. The van der Waals surface area contributed by atoms with Crippen molar-refractivity contribution in [3.63, 3.8) is 0 Å². The highest BCUT2D eigenvalue weighted by Gasteiger charge is 2.14. The third-order valence-electron chi connectivity index (χ3n) is 2.89. The van der Waals surface area contributed by atoms with Gasteiger partial charge in [-0.2, -0.15) is 10.5 Å². The first kappa shape index (κ1) is 14.2. The second-order valence-electron chi connectivity index (χ2n) is 4.37. The van der Waals surface area contributed by atoms with E-state index in [0.717, 1.165) is 0 Å². The van der Waals surface area contributed by atoms with Gasteiger partial charge in [0, 0.05) is 11.3 Å². The molecule has 0 radical (unpaired) electrons. The summed E-state index contributed by atoms with van der Waals surface area (Å²) in [5.74, 6) is -0.707. The Morgan fingerprint density at radius 1 is 1.29 bits per heavy atom. The van der Waals surface area contributed by atoms with Crippen molar-refractivity contribution in [2.75, 3.05) is 5.32 Å². The molecule has 0 aliphatic heterocycles. The second kappa shape index (κ2) is 5.81. The normalized spacial score (nSPS) is 9.67. The van der Waals surface area contributed by atoms with Crippen molar-refractivity contribution in [2.24, 2.45) is 0 Å². The lowest BCUT2D eigenvalue weighted by atomic mass is 10.1. The number of nitrogens with one attached hydrogen (secondary N) is 1. The van der Waals surface area contributed by atoms with E-state index in [4.69, 9.17) is 20.0 Å². The average molecular weight is 281 g/mol. The quantitative estimate of drug-likeness (QED) is 0.891. The predicted octanol–water partition coefficient (Wildman–Crippen LogP) is 2.64. The van der Waals surface area contributed by atoms with Gasteiger partial charge >= 0.3 is 5.97 Å². The molecule has 6 heteroatoms. The molecule has 0 spiro atoms. The maximum atomic E-state index is 10.9. The molecular weight excluding hydrogens is 270 g/mol. The molecule has 2 rings (SSSR count). The average Bonchev–Trinajstić information content (AvgIpc) is 2.86. The van der Waals surface area contributed by atoms with E-state index in [-0.39, 0.29) is 17.9 Å². The monoisotopic (exact) mass is 281 g/mol. The molecule has 104 valence electrons. The first-order valence-corrected chi connectivity index (χ1v) is 6.06. The van der Waals surface area contributed by atoms with Gasteiger partial charge in [-0.15, -0.1) is 0 Å². The molecule has 0 aliphatic carbocycles. The van der Waals surface area contributed by atoms with Crippen LogP contribution in [0.1, 0.15) is 33.0 Å². The number of aromatic carboxylic acids is 1. The lowest BCUT2D eigenvalue weighted by Gasteiger charge is -2.05. The van der Waals surface area contributed by atoms with E-state index in [1.165, 1.54) is 0 Å². The maximum absolute atomic E-state index is 10.9. The first-order valence-electron chi connectivity index (χ1n) is 6.06. The number of anilines is 1. The third-order valence-corrected chi connectivity index (χ3v) is 2.89. The largest absolute Gasteiger partial charge is 0.475 e. The minimum absolute atomic E-state index is 0.0793. The van der Waals surface area contributed by atoms with E-state index in [9.17, 15) is 4.79 Å². The van der Waals surface area contributed by atoms with Gasteiger partial charge in [0.1, 0.15) is 17.9 Å². The molecule has 2 N–H and O–H groups in total. The molecule has 0 bridgehead atoms. The Kier molecular flexibility index (Phi) is 3.92. The van der Waals surface area contributed by atoms with Gasteiger partial charge in [0.25, 0.3) is 0 Å². The Hall–Kier alpha value is -3.25. The number of nitrogens with zero attached hydrogens (tertiary/aromatic N) is 2. The molecule has 21 heavy (non-hydrogen) atoms. The number of hydrogen-bond donors (Lipinski definition) is 2. The molecule has 2 aromatic rings. The Balaban J connectivity index is 2.14. The predicted molar refractivity (Wildman–Crippen MR) is 73.6 cm³/mol. The molecular formula is C15H11N3O3. The van der Waals surface area contributed by atoms with Gasteiger partial charge in [0.05, 0.1) is 17.7 Å². The van der Waals surface area contributed by atoms with E-state index in [1.807, 2.05) is 12.1 Å². The second-order valence-corrected chi connectivity index (χ2v) is 4.37. The summed E-state index contributed by atoms with van der Waals surface area (Å²) in [6, 6.07) is 10.3. The highest BCUT2D eigenvalue weighted by Crippen LogP contribution is 2.18. The fourth-order valence-electron chi connectivity index (χ4n) is 1.88. The topological polar surface area (TPSA) is 110 Å². The lowest BCUT2D eigenvalue weighted by molar-refractivity contribution is 0.0659. The number of benzene rings is 1. The zero-order valence-electron chi connectivity index (χ0n) is 11.2. The molecule has 0 atom stereocenters. The van der Waals surface area contributed by atoms with E-state index in [1.54, 1.807) is 31.2 Å². The number of hydrogen-bond acceptors (Lipinski definition) is 5. The van der Waals surface area contributed by atoms with Gasteiger partial charge in [0.2, 0.25) is 5.76 Å². The van der Waals surface area contributed by atoms with Gasteiger partial charge in [-0.05, 0) is 31.2 Å². The number of carboxylic acids is 1. The summed E-state index contributed by atoms with van der Waals surface area (Å²) in [6.07, 6.45) is 0. The molecule has 6 nitrogen and oxygen atoms in total. The van der Waals surface area contributed by atoms with Crippen molar-refractivity contribution in [3.8, 4) is 12.1 Å². The Labute approximate surface area is 120 Å². The Bertz CT molecular complexity index is 778. The minimum Gasteiger partial charge on any atom is -0.475 e. The van der Waals surface area contributed by atoms with E-state index >= 15 is 0 Å². The van der Waals surface area contributed by atoms with Gasteiger partial charge in [0.15, 0.2) is 0 Å². The van der Waals surface area contributed by atoms with Crippen molar-refractivity contribution in [3.05, 3.63) is 52.5 Å². The highest BCUT2D eigenvalue weighted by molar-refractivity contribution is 5.86. The summed E-state index contributed by atoms with van der Waals surface area (Å²) in [5.41, 5.74) is 1.79. The van der Waals surface area contributed by atoms with Crippen LogP contribution in [0, 0.1) is 29.6 Å². The van der Waals surface area contributed by atoms with Gasteiger partial charge in [-0.3, -0.25) is 0 Å². The highest BCUT2D eigenvalue weighted by atomic mass is 16.4. The lowest BCUT2D eigenvalue weighted by Crippen LogP contribution is -1.99. The van der Waals surface area contributed by atoms with Gasteiger partial charge < -0.3 is 14.8 Å². The van der Waals surface area contributed by atoms with Crippen LogP contribution in [0.25, 0.3) is 0 Å². The number of nitriles is 2. The number of aryl methyl sites for hydroxylation is 1. The molecule has 0 amide bonds. The standard InChI is InChI=1S/C15H11N3O3/c1-9-4-13(21-14(9)15(19)20)8-18-12-3-2-10(6-16)11(5-12)7-17/h2-5,18H,8H2,1H3,(H,19,20). The first-order chi connectivity index (χ1) is 10.0. The smallest absolute Gasteiger partial charge is 0.372 e.